The van der Waals surface area contributed by atoms with Gasteiger partial charge in [-0.3, -0.25) is 14.5 Å². The number of hydrogen-bond donors (Lipinski definition) is 4. The van der Waals surface area contributed by atoms with E-state index < -0.39 is 24.3 Å². The molecular formula is C47H44N8O6. The fraction of sp³-hybridized carbons (Fsp3) is 0.277. The van der Waals surface area contributed by atoms with Crippen molar-refractivity contribution >= 4 is 29.7 Å². The molecule has 1 aliphatic carbocycles. The molecule has 2 unspecified atom stereocenters. The van der Waals surface area contributed by atoms with Gasteiger partial charge in [-0.1, -0.05) is 97.1 Å². The molecule has 6 aromatic rings. The number of carbonyl (C=O) groups is 4. The minimum Gasteiger partial charge on any atom is -0.453 e. The number of nitrogens with one attached hydrogen (secondary N) is 4. The third-order valence-electron chi connectivity index (χ3n) is 12.7. The fourth-order valence-electron chi connectivity index (χ4n) is 9.47. The maximum absolute atomic E-state index is 14.1. The first-order valence-corrected chi connectivity index (χ1v) is 20.6. The quantitative estimate of drug-likeness (QED) is 0.120. The highest BCUT2D eigenvalue weighted by atomic mass is 16.5. The Bertz CT molecular complexity index is 2640. The van der Waals surface area contributed by atoms with E-state index >= 15 is 0 Å². The zero-order chi connectivity index (χ0) is 41.8. The first-order valence-electron chi connectivity index (χ1n) is 20.6. The lowest BCUT2D eigenvalue weighted by molar-refractivity contribution is -0.135. The summed E-state index contributed by atoms with van der Waals surface area (Å²) in [6.07, 6.45) is 5.13. The Morgan fingerprint density at radius 2 is 1.38 bits per heavy atom. The number of aromatic nitrogens is 4. The Morgan fingerprint density at radius 1 is 0.754 bits per heavy atom. The Morgan fingerprint density at radius 3 is 2.05 bits per heavy atom. The summed E-state index contributed by atoms with van der Waals surface area (Å²) in [5, 5.41) is 5.48. The lowest BCUT2D eigenvalue weighted by Gasteiger charge is -2.30. The van der Waals surface area contributed by atoms with E-state index in [0.29, 0.717) is 49.0 Å². The Balaban J connectivity index is 0.833. The van der Waals surface area contributed by atoms with Crippen molar-refractivity contribution in [1.82, 2.24) is 35.5 Å². The maximum Gasteiger partial charge on any atom is 0.407 e. The first-order chi connectivity index (χ1) is 29.8. The van der Waals surface area contributed by atoms with Gasteiger partial charge in [-0.2, -0.15) is 0 Å². The zero-order valence-electron chi connectivity index (χ0n) is 33.6. The monoisotopic (exact) mass is 816 g/mol. The molecule has 0 bridgehead atoms. The smallest absolute Gasteiger partial charge is 0.407 e. The van der Waals surface area contributed by atoms with Crippen LogP contribution in [0.1, 0.15) is 59.3 Å². The van der Waals surface area contributed by atoms with Crippen LogP contribution in [0.4, 0.5) is 15.3 Å². The normalized spacial score (nSPS) is 21.5. The number of piperidine rings is 1. The summed E-state index contributed by atoms with van der Waals surface area (Å²) in [5.74, 6) is 1.77. The number of methoxy groups -OCH3 is 2. The lowest BCUT2D eigenvalue weighted by Crippen LogP contribution is -2.48. The number of amides is 4. The van der Waals surface area contributed by atoms with E-state index in [4.69, 9.17) is 19.4 Å². The van der Waals surface area contributed by atoms with E-state index in [2.05, 4.69) is 75.2 Å². The lowest BCUT2D eigenvalue weighted by atomic mass is 10.0. The number of likely N-dealkylation sites (tertiary alicyclic amines) is 1. The molecule has 4 amide bonds. The van der Waals surface area contributed by atoms with Crippen molar-refractivity contribution in [3.05, 3.63) is 138 Å². The van der Waals surface area contributed by atoms with Gasteiger partial charge in [0.2, 0.25) is 5.91 Å². The van der Waals surface area contributed by atoms with Gasteiger partial charge in [-0.15, -0.1) is 0 Å². The molecule has 14 nitrogen and oxygen atoms in total. The molecule has 2 fully saturated rings. The molecule has 0 spiro atoms. The van der Waals surface area contributed by atoms with Crippen molar-refractivity contribution in [2.45, 2.75) is 49.9 Å². The van der Waals surface area contributed by atoms with Crippen molar-refractivity contribution in [2.24, 2.45) is 11.8 Å². The predicted molar refractivity (Wildman–Crippen MR) is 226 cm³/mol. The van der Waals surface area contributed by atoms with E-state index in [9.17, 15) is 19.2 Å². The predicted octanol–water partition coefficient (Wildman–Crippen LogP) is 7.05. The second-order valence-corrected chi connectivity index (χ2v) is 16.2. The molecule has 1 saturated heterocycles. The topological polar surface area (TPSA) is 175 Å². The summed E-state index contributed by atoms with van der Waals surface area (Å²) in [4.78, 5) is 72.7. The number of anilines is 1. The highest BCUT2D eigenvalue weighted by Crippen LogP contribution is 2.56. The Kier molecular flexibility index (Phi) is 9.61. The summed E-state index contributed by atoms with van der Waals surface area (Å²) in [6, 6.07) is 29.8. The number of aromatic amines is 2. The van der Waals surface area contributed by atoms with Gasteiger partial charge in [0.15, 0.2) is 0 Å². The van der Waals surface area contributed by atoms with Gasteiger partial charge in [-0.05, 0) is 70.0 Å². The van der Waals surface area contributed by atoms with Gasteiger partial charge in [0.1, 0.15) is 23.7 Å². The van der Waals surface area contributed by atoms with Crippen LogP contribution in [-0.2, 0) is 31.9 Å². The van der Waals surface area contributed by atoms with E-state index in [1.807, 2.05) is 53.6 Å². The number of imidazole rings is 2. The van der Waals surface area contributed by atoms with Gasteiger partial charge in [0.05, 0.1) is 55.8 Å². The second kappa shape index (κ2) is 15.4. The van der Waals surface area contributed by atoms with Crippen LogP contribution in [-0.4, -0.2) is 75.6 Å². The highest BCUT2D eigenvalue weighted by molar-refractivity contribution is 6.02. The molecule has 5 heterocycles. The van der Waals surface area contributed by atoms with Gasteiger partial charge in [0.25, 0.3) is 5.91 Å². The third kappa shape index (κ3) is 6.97. The van der Waals surface area contributed by atoms with Crippen LogP contribution >= 0.6 is 0 Å². The number of carbonyl (C=O) groups excluding carboxylic acids is 4. The second-order valence-electron chi connectivity index (χ2n) is 16.2. The van der Waals surface area contributed by atoms with Crippen LogP contribution in [0.25, 0.3) is 33.6 Å². The molecule has 1 saturated carbocycles. The van der Waals surface area contributed by atoms with Crippen LogP contribution in [0.3, 0.4) is 0 Å². The number of alkyl carbamates (subject to hydrolysis) is 2. The van der Waals surface area contributed by atoms with Gasteiger partial charge in [0, 0.05) is 13.0 Å². The van der Waals surface area contributed by atoms with Crippen molar-refractivity contribution in [3.8, 4) is 33.6 Å². The molecule has 14 heteroatoms. The highest BCUT2D eigenvalue weighted by Gasteiger charge is 2.56. The summed E-state index contributed by atoms with van der Waals surface area (Å²) >= 11 is 0. The van der Waals surface area contributed by atoms with Crippen LogP contribution in [0.2, 0.25) is 0 Å². The number of fused-ring (bicyclic) bond motifs is 1. The van der Waals surface area contributed by atoms with E-state index in [0.717, 1.165) is 62.7 Å². The minimum atomic E-state index is -0.875. The van der Waals surface area contributed by atoms with E-state index in [-0.39, 0.29) is 23.9 Å². The van der Waals surface area contributed by atoms with Crippen LogP contribution in [0.5, 0.6) is 0 Å². The largest absolute Gasteiger partial charge is 0.453 e. The van der Waals surface area contributed by atoms with Crippen molar-refractivity contribution in [3.63, 3.8) is 0 Å². The molecule has 10 rings (SSSR count). The average molecular weight is 817 g/mol. The van der Waals surface area contributed by atoms with E-state index in [1.54, 1.807) is 11.1 Å². The summed E-state index contributed by atoms with van der Waals surface area (Å²) in [7, 11) is 2.58. The van der Waals surface area contributed by atoms with Crippen LogP contribution < -0.4 is 15.5 Å². The summed E-state index contributed by atoms with van der Waals surface area (Å²) in [6.45, 7) is 0.610. The number of para-hydroxylation sites is 1. The number of benzene rings is 4. The molecule has 6 atom stereocenters. The van der Waals surface area contributed by atoms with Crippen molar-refractivity contribution in [2.75, 3.05) is 25.7 Å². The molecular weight excluding hydrogens is 773 g/mol. The molecule has 4 N–H and O–H groups in total. The summed E-state index contributed by atoms with van der Waals surface area (Å²) < 4.78 is 9.68. The number of rotatable bonds is 9. The SMILES string of the molecule is COC(=O)N[C@H]1CCc2cccc3c2N(C1=O)[C@H](c1ncc(-c2ccc(-c4ccc(-c5cnc(C6[C@H]7CC7CN6C(=O)[C@H](NC(=O)OC)c6ccccc6)[nH]5)cc4)cc2)[nH]1)C3. The average Bonchev–Trinajstić information content (AvgIpc) is 3.74. The van der Waals surface area contributed by atoms with E-state index in [1.165, 1.54) is 14.2 Å². The number of ether oxygens (including phenoxy) is 2. The molecule has 61 heavy (non-hydrogen) atoms. The fourth-order valence-corrected chi connectivity index (χ4v) is 9.47. The van der Waals surface area contributed by atoms with Gasteiger partial charge in [-0.25, -0.2) is 19.6 Å². The molecule has 308 valence electrons. The number of H-pyrrole nitrogens is 2. The molecule has 4 aliphatic rings. The number of hydrogen-bond acceptors (Lipinski definition) is 8. The first kappa shape index (κ1) is 38.0. The van der Waals surface area contributed by atoms with Crippen molar-refractivity contribution in [1.29, 1.82) is 0 Å². The molecule has 4 aromatic carbocycles. The van der Waals surface area contributed by atoms with Crippen LogP contribution in [0, 0.1) is 11.8 Å². The maximum atomic E-state index is 14.1. The summed E-state index contributed by atoms with van der Waals surface area (Å²) in [5.41, 5.74) is 9.50. The number of nitrogens with zero attached hydrogens (tertiary/aromatic N) is 4. The zero-order valence-corrected chi connectivity index (χ0v) is 33.6. The van der Waals surface area contributed by atoms with Crippen LogP contribution in [0.15, 0.2) is 109 Å². The minimum absolute atomic E-state index is 0.173. The Hall–Kier alpha value is -7.22. The van der Waals surface area contributed by atoms with Gasteiger partial charge < -0.3 is 35.0 Å². The number of aryl methyl sites for hydroxylation is 1. The standard InChI is InChI=1S/C47H44N8O6/c1-60-46(58)52-35-20-19-31-9-6-10-32-22-38(55(40(31)32)44(35)56)42-48-23-36(50-42)28-15-11-26(12-16-28)27-13-17-29(18-14-27)37-24-49-43(51-37)41-34-21-33(34)25-54(41)45(57)39(53-47(59)61-2)30-7-4-3-5-8-30/h3-18,23-24,33-35,38-39,41H,19-22,25H2,1-2H3,(H,48,50)(H,49,51)(H,52,58)(H,53,59)/t33?,34-,35-,38-,39+,41?/m0/s1. The third-order valence-corrected chi connectivity index (χ3v) is 12.7. The molecule has 2 aromatic heterocycles. The van der Waals surface area contributed by atoms with Gasteiger partial charge >= 0.3 is 12.2 Å². The Labute approximate surface area is 351 Å². The van der Waals surface area contributed by atoms with Crippen molar-refractivity contribution < 1.29 is 28.7 Å². The molecule has 3 aliphatic heterocycles. The molecule has 0 radical (unpaired) electrons.